The maximum atomic E-state index is 10.8. The summed E-state index contributed by atoms with van der Waals surface area (Å²) in [5.41, 5.74) is 1.75. The summed E-state index contributed by atoms with van der Waals surface area (Å²) in [5.74, 6) is -0.386. The SMILES string of the molecule is CC(C)(C)CC(CN=Cc1ccc(C(=O)O)cc1)C(C)(C)C. The number of carboxylic acids is 1. The number of hydrogen-bond acceptors (Lipinski definition) is 2. The van der Waals surface area contributed by atoms with Crippen molar-refractivity contribution < 1.29 is 9.90 Å². The quantitative estimate of drug-likeness (QED) is 0.786. The van der Waals surface area contributed by atoms with E-state index in [1.165, 1.54) is 0 Å². The Labute approximate surface area is 134 Å². The van der Waals surface area contributed by atoms with Crippen LogP contribution >= 0.6 is 0 Å². The smallest absolute Gasteiger partial charge is 0.335 e. The van der Waals surface area contributed by atoms with E-state index in [0.29, 0.717) is 11.5 Å². The lowest BCUT2D eigenvalue weighted by Gasteiger charge is -2.34. The molecular formula is C19H29NO2. The number of hydrogen-bond donors (Lipinski definition) is 1. The zero-order valence-electron chi connectivity index (χ0n) is 14.7. The highest BCUT2D eigenvalue weighted by Crippen LogP contribution is 2.36. The molecule has 0 aliphatic heterocycles. The molecule has 22 heavy (non-hydrogen) atoms. The third kappa shape index (κ3) is 6.42. The molecule has 0 heterocycles. The molecule has 0 amide bonds. The van der Waals surface area contributed by atoms with Crippen molar-refractivity contribution in [2.75, 3.05) is 6.54 Å². The molecule has 0 aliphatic carbocycles. The van der Waals surface area contributed by atoms with Crippen LogP contribution in [0.15, 0.2) is 29.3 Å². The maximum Gasteiger partial charge on any atom is 0.335 e. The predicted octanol–water partition coefficient (Wildman–Crippen LogP) is 4.90. The second kappa shape index (κ2) is 7.08. The van der Waals surface area contributed by atoms with Crippen molar-refractivity contribution in [3.05, 3.63) is 35.4 Å². The molecular weight excluding hydrogens is 274 g/mol. The molecule has 1 aromatic carbocycles. The Bertz CT molecular complexity index is 516. The summed E-state index contributed by atoms with van der Waals surface area (Å²) in [4.78, 5) is 15.4. The van der Waals surface area contributed by atoms with Gasteiger partial charge in [0.25, 0.3) is 0 Å². The van der Waals surface area contributed by atoms with E-state index in [1.807, 2.05) is 6.21 Å². The fourth-order valence-electron chi connectivity index (χ4n) is 2.38. The van der Waals surface area contributed by atoms with E-state index < -0.39 is 5.97 Å². The molecule has 3 nitrogen and oxygen atoms in total. The molecule has 0 spiro atoms. The molecule has 1 N–H and O–H groups in total. The van der Waals surface area contributed by atoms with Crippen LogP contribution in [-0.2, 0) is 0 Å². The number of benzene rings is 1. The monoisotopic (exact) mass is 303 g/mol. The van der Waals surface area contributed by atoms with Gasteiger partial charge in [-0.1, -0.05) is 53.7 Å². The Balaban J connectivity index is 2.73. The summed E-state index contributed by atoms with van der Waals surface area (Å²) in [7, 11) is 0. The fourth-order valence-corrected chi connectivity index (χ4v) is 2.38. The number of aromatic carboxylic acids is 1. The van der Waals surface area contributed by atoms with Crippen LogP contribution in [0.2, 0.25) is 0 Å². The molecule has 1 unspecified atom stereocenters. The van der Waals surface area contributed by atoms with Crippen LogP contribution in [0.4, 0.5) is 0 Å². The standard InChI is InChI=1S/C19H29NO2/c1-18(2,3)11-16(19(4,5)6)13-20-12-14-7-9-15(10-8-14)17(21)22/h7-10,12,16H,11,13H2,1-6H3,(H,21,22). The maximum absolute atomic E-state index is 10.8. The molecule has 1 rings (SSSR count). The second-order valence-electron chi connectivity index (χ2n) is 8.25. The Morgan fingerprint density at radius 2 is 1.68 bits per heavy atom. The number of aliphatic imine (C=N–C) groups is 1. The van der Waals surface area contributed by atoms with Gasteiger partial charge in [0.1, 0.15) is 0 Å². The summed E-state index contributed by atoms with van der Waals surface area (Å²) in [6.45, 7) is 14.4. The topological polar surface area (TPSA) is 49.7 Å². The molecule has 0 fully saturated rings. The summed E-state index contributed by atoms with van der Waals surface area (Å²) in [6, 6.07) is 6.81. The van der Waals surface area contributed by atoms with Crippen molar-refractivity contribution in [1.29, 1.82) is 0 Å². The number of carbonyl (C=O) groups is 1. The predicted molar refractivity (Wildman–Crippen MR) is 92.9 cm³/mol. The zero-order valence-corrected chi connectivity index (χ0v) is 14.7. The van der Waals surface area contributed by atoms with Gasteiger partial charge < -0.3 is 5.11 Å². The highest BCUT2D eigenvalue weighted by atomic mass is 16.4. The largest absolute Gasteiger partial charge is 0.478 e. The van der Waals surface area contributed by atoms with Gasteiger partial charge in [0.05, 0.1) is 5.56 Å². The molecule has 0 aliphatic rings. The van der Waals surface area contributed by atoms with E-state index in [9.17, 15) is 4.79 Å². The minimum absolute atomic E-state index is 0.220. The van der Waals surface area contributed by atoms with Crippen LogP contribution in [-0.4, -0.2) is 23.8 Å². The van der Waals surface area contributed by atoms with E-state index in [-0.39, 0.29) is 10.8 Å². The van der Waals surface area contributed by atoms with Crippen molar-refractivity contribution in [2.45, 2.75) is 48.0 Å². The van der Waals surface area contributed by atoms with Gasteiger partial charge in [0.15, 0.2) is 0 Å². The number of rotatable bonds is 5. The van der Waals surface area contributed by atoms with Crippen molar-refractivity contribution >= 4 is 12.2 Å². The Kier molecular flexibility index (Phi) is 5.92. The van der Waals surface area contributed by atoms with Crippen LogP contribution in [0.3, 0.4) is 0 Å². The Hall–Kier alpha value is -1.64. The van der Waals surface area contributed by atoms with Gasteiger partial charge in [0, 0.05) is 12.8 Å². The van der Waals surface area contributed by atoms with E-state index >= 15 is 0 Å². The molecule has 0 radical (unpaired) electrons. The molecule has 122 valence electrons. The lowest BCUT2D eigenvalue weighted by atomic mass is 9.72. The van der Waals surface area contributed by atoms with Gasteiger partial charge in [-0.2, -0.15) is 0 Å². The highest BCUT2D eigenvalue weighted by Gasteiger charge is 2.28. The van der Waals surface area contributed by atoms with Gasteiger partial charge in [-0.3, -0.25) is 4.99 Å². The Morgan fingerprint density at radius 3 is 2.09 bits per heavy atom. The average molecular weight is 303 g/mol. The lowest BCUT2D eigenvalue weighted by molar-refractivity contribution is 0.0697. The molecule has 0 aromatic heterocycles. The van der Waals surface area contributed by atoms with Gasteiger partial charge in [0.2, 0.25) is 0 Å². The first-order valence-corrected chi connectivity index (χ1v) is 7.82. The van der Waals surface area contributed by atoms with E-state index in [2.05, 4.69) is 46.5 Å². The highest BCUT2D eigenvalue weighted by molar-refractivity contribution is 5.89. The van der Waals surface area contributed by atoms with Gasteiger partial charge in [-0.25, -0.2) is 4.79 Å². The molecule has 1 atom stereocenters. The van der Waals surface area contributed by atoms with Crippen LogP contribution in [0.5, 0.6) is 0 Å². The average Bonchev–Trinajstić information content (AvgIpc) is 2.35. The molecule has 1 aromatic rings. The van der Waals surface area contributed by atoms with Crippen LogP contribution < -0.4 is 0 Å². The van der Waals surface area contributed by atoms with E-state index in [4.69, 9.17) is 5.11 Å². The first kappa shape index (κ1) is 18.4. The third-order valence-electron chi connectivity index (χ3n) is 3.81. The second-order valence-corrected chi connectivity index (χ2v) is 8.25. The fraction of sp³-hybridized carbons (Fsp3) is 0.579. The molecule has 3 heteroatoms. The van der Waals surface area contributed by atoms with Crippen molar-refractivity contribution in [2.24, 2.45) is 21.7 Å². The van der Waals surface area contributed by atoms with Crippen LogP contribution in [0, 0.1) is 16.7 Å². The minimum Gasteiger partial charge on any atom is -0.478 e. The van der Waals surface area contributed by atoms with Gasteiger partial charge in [-0.05, 0) is 40.9 Å². The summed E-state index contributed by atoms with van der Waals surface area (Å²) in [5, 5.41) is 8.89. The van der Waals surface area contributed by atoms with E-state index in [0.717, 1.165) is 18.5 Å². The van der Waals surface area contributed by atoms with Crippen LogP contribution in [0.1, 0.15) is 63.9 Å². The Morgan fingerprint density at radius 1 is 1.14 bits per heavy atom. The molecule has 0 bridgehead atoms. The van der Waals surface area contributed by atoms with Gasteiger partial charge >= 0.3 is 5.97 Å². The molecule has 0 saturated heterocycles. The first-order valence-electron chi connectivity index (χ1n) is 7.82. The normalized spacial score (nSPS) is 14.3. The van der Waals surface area contributed by atoms with Crippen molar-refractivity contribution in [3.8, 4) is 0 Å². The van der Waals surface area contributed by atoms with Crippen molar-refractivity contribution in [3.63, 3.8) is 0 Å². The van der Waals surface area contributed by atoms with Gasteiger partial charge in [-0.15, -0.1) is 0 Å². The number of nitrogens with zero attached hydrogens (tertiary/aromatic N) is 1. The first-order chi connectivity index (χ1) is 9.99. The summed E-state index contributed by atoms with van der Waals surface area (Å²) >= 11 is 0. The van der Waals surface area contributed by atoms with Crippen LogP contribution in [0.25, 0.3) is 0 Å². The van der Waals surface area contributed by atoms with E-state index in [1.54, 1.807) is 24.3 Å². The lowest BCUT2D eigenvalue weighted by Crippen LogP contribution is -2.28. The molecule has 0 saturated carbocycles. The summed E-state index contributed by atoms with van der Waals surface area (Å²) < 4.78 is 0. The van der Waals surface area contributed by atoms with Crippen molar-refractivity contribution in [1.82, 2.24) is 0 Å². The third-order valence-corrected chi connectivity index (χ3v) is 3.81. The minimum atomic E-state index is -0.901. The zero-order chi connectivity index (χ0) is 17.0. The summed E-state index contributed by atoms with van der Waals surface area (Å²) in [6.07, 6.45) is 2.97. The number of carboxylic acid groups (broad SMARTS) is 1.